The van der Waals surface area contributed by atoms with Crippen molar-refractivity contribution in [3.8, 4) is 0 Å². The van der Waals surface area contributed by atoms with Gasteiger partial charge in [0.25, 0.3) is 0 Å². The second-order valence-corrected chi connectivity index (χ2v) is 1.90. The van der Waals surface area contributed by atoms with E-state index in [0.717, 1.165) is 0 Å². The highest BCUT2D eigenvalue weighted by Gasteiger charge is 2.68. The first-order valence-corrected chi connectivity index (χ1v) is 2.38. The average molecular weight is 177 g/mol. The molecule has 7 heteroatoms. The Labute approximate surface area is 56.8 Å². The zero-order chi connectivity index (χ0) is 8.86. The highest BCUT2D eigenvalue weighted by Crippen LogP contribution is 2.48. The maximum Gasteiger partial charge on any atom is 0.420 e. The minimum absolute atomic E-state index is 0.583. The highest BCUT2D eigenvalue weighted by atomic mass is 19.3. The molecule has 1 nitrogen and oxygen atoms in total. The molecule has 0 aromatic rings. The summed E-state index contributed by atoms with van der Waals surface area (Å²) in [4.78, 5) is 0. The van der Waals surface area contributed by atoms with E-state index in [1.807, 2.05) is 0 Å². The molecule has 1 heterocycles. The monoisotopic (exact) mass is 177 g/mol. The van der Waals surface area contributed by atoms with Gasteiger partial charge in [0.2, 0.25) is 0 Å². The lowest BCUT2D eigenvalue weighted by Crippen LogP contribution is -2.44. The number of alkyl halides is 4. The summed E-state index contributed by atoms with van der Waals surface area (Å²) < 4.78 is 71.1. The Hall–Kier alpha value is -0.880. The van der Waals surface area contributed by atoms with Crippen molar-refractivity contribution in [1.29, 1.82) is 0 Å². The molecule has 0 radical (unpaired) electrons. The van der Waals surface area contributed by atoms with E-state index < -0.39 is 29.1 Å². The van der Waals surface area contributed by atoms with Gasteiger partial charge in [-0.05, 0) is 0 Å². The summed E-state index contributed by atoms with van der Waals surface area (Å²) in [7, 11) is 0. The maximum atomic E-state index is 11.9. The van der Waals surface area contributed by atoms with Crippen molar-refractivity contribution in [2.45, 2.75) is 12.0 Å². The van der Waals surface area contributed by atoms with Crippen molar-refractivity contribution in [1.82, 2.24) is 5.12 Å². The third kappa shape index (κ3) is 0.795. The fourth-order valence-electron chi connectivity index (χ4n) is 0.539. The van der Waals surface area contributed by atoms with Crippen molar-refractivity contribution in [3.05, 3.63) is 12.0 Å². The molecule has 0 spiro atoms. The van der Waals surface area contributed by atoms with Crippen molar-refractivity contribution < 1.29 is 26.4 Å². The fourth-order valence-corrected chi connectivity index (χ4v) is 0.539. The van der Waals surface area contributed by atoms with Crippen LogP contribution in [0.25, 0.3) is 0 Å². The van der Waals surface area contributed by atoms with Crippen LogP contribution in [0.5, 0.6) is 0 Å². The Morgan fingerprint density at radius 2 is 1.64 bits per heavy atom. The predicted molar refractivity (Wildman–Crippen MR) is 22.0 cm³/mol. The molecular weight excluding hydrogens is 176 g/mol. The molecule has 11 heavy (non-hydrogen) atoms. The van der Waals surface area contributed by atoms with E-state index in [4.69, 9.17) is 0 Å². The zero-order valence-corrected chi connectivity index (χ0v) is 4.79. The first-order valence-electron chi connectivity index (χ1n) is 2.38. The Morgan fingerprint density at radius 3 is 1.73 bits per heavy atom. The largest absolute Gasteiger partial charge is 0.420 e. The number of halogens is 6. The second kappa shape index (κ2) is 1.83. The van der Waals surface area contributed by atoms with Crippen molar-refractivity contribution in [2.24, 2.45) is 0 Å². The molecule has 0 saturated carbocycles. The van der Waals surface area contributed by atoms with Crippen LogP contribution in [-0.4, -0.2) is 17.1 Å². The molecule has 0 aromatic heterocycles. The molecule has 0 aromatic carbocycles. The zero-order valence-electron chi connectivity index (χ0n) is 4.79. The van der Waals surface area contributed by atoms with E-state index in [-0.39, 0.29) is 0 Å². The molecule has 64 valence electrons. The molecular formula is C4HF6N. The molecule has 1 aliphatic rings. The van der Waals surface area contributed by atoms with Gasteiger partial charge in [-0.25, -0.2) is 4.39 Å². The SMILES string of the molecule is FC1=CN(F)C(F)(F)C1(F)F. The first-order chi connectivity index (χ1) is 4.80. The smallest absolute Gasteiger partial charge is 0.203 e. The van der Waals surface area contributed by atoms with Crippen LogP contribution in [0, 0.1) is 0 Å². The molecule has 0 N–H and O–H groups in total. The molecule has 0 atom stereocenters. The van der Waals surface area contributed by atoms with Crippen LogP contribution in [0.3, 0.4) is 0 Å². The van der Waals surface area contributed by atoms with Crippen LogP contribution in [0.2, 0.25) is 0 Å². The average Bonchev–Trinajstić information content (AvgIpc) is 1.95. The van der Waals surface area contributed by atoms with Gasteiger partial charge in [-0.3, -0.25) is 0 Å². The molecule has 0 unspecified atom stereocenters. The lowest BCUT2D eigenvalue weighted by molar-refractivity contribution is -0.289. The van der Waals surface area contributed by atoms with Crippen LogP contribution >= 0.6 is 0 Å². The van der Waals surface area contributed by atoms with Gasteiger partial charge >= 0.3 is 12.0 Å². The van der Waals surface area contributed by atoms with Gasteiger partial charge in [0, 0.05) is 0 Å². The molecule has 1 rings (SSSR count). The fraction of sp³-hybridized carbons (Fsp3) is 0.500. The van der Waals surface area contributed by atoms with Crippen LogP contribution < -0.4 is 0 Å². The van der Waals surface area contributed by atoms with E-state index in [2.05, 4.69) is 0 Å². The summed E-state index contributed by atoms with van der Waals surface area (Å²) in [6, 6.07) is -5.11. The third-order valence-corrected chi connectivity index (χ3v) is 1.17. The number of rotatable bonds is 0. The summed E-state index contributed by atoms with van der Waals surface area (Å²) in [6.07, 6.45) is -0.583. The summed E-state index contributed by atoms with van der Waals surface area (Å²) in [6.45, 7) is 0. The van der Waals surface area contributed by atoms with Crippen molar-refractivity contribution in [2.75, 3.05) is 0 Å². The summed E-state index contributed by atoms with van der Waals surface area (Å²) in [5, 5.41) is -1.65. The van der Waals surface area contributed by atoms with Gasteiger partial charge in [0.05, 0.1) is 6.20 Å². The molecule has 0 bridgehead atoms. The Morgan fingerprint density at radius 1 is 1.18 bits per heavy atom. The van der Waals surface area contributed by atoms with Gasteiger partial charge in [-0.1, -0.05) is 4.48 Å². The standard InChI is InChI=1S/C4HF6N/c5-2-1-11(10)4(8,9)3(2,6)7/h1H. The normalized spacial score (nSPS) is 27.1. The predicted octanol–water partition coefficient (Wildman–Crippen LogP) is 2.23. The molecule has 0 aliphatic carbocycles. The molecule has 1 aliphatic heterocycles. The highest BCUT2D eigenvalue weighted by molar-refractivity contribution is 5.15. The van der Waals surface area contributed by atoms with Gasteiger partial charge in [-0.2, -0.15) is 17.6 Å². The quantitative estimate of drug-likeness (QED) is 0.311. The van der Waals surface area contributed by atoms with E-state index in [1.165, 1.54) is 0 Å². The Kier molecular flexibility index (Phi) is 1.37. The minimum Gasteiger partial charge on any atom is -0.203 e. The molecule has 0 saturated heterocycles. The lowest BCUT2D eigenvalue weighted by atomic mass is 10.3. The van der Waals surface area contributed by atoms with Gasteiger partial charge in [0.1, 0.15) is 0 Å². The van der Waals surface area contributed by atoms with Gasteiger partial charge in [-0.15, -0.1) is 5.12 Å². The van der Waals surface area contributed by atoms with E-state index in [1.54, 1.807) is 0 Å². The number of hydrogen-bond acceptors (Lipinski definition) is 1. The van der Waals surface area contributed by atoms with Crippen LogP contribution in [0.15, 0.2) is 12.0 Å². The molecule has 0 fully saturated rings. The lowest BCUT2D eigenvalue weighted by Gasteiger charge is -2.20. The van der Waals surface area contributed by atoms with Crippen LogP contribution in [-0.2, 0) is 0 Å². The summed E-state index contributed by atoms with van der Waals surface area (Å²) in [5.41, 5.74) is 0. The van der Waals surface area contributed by atoms with E-state index in [0.29, 0.717) is 0 Å². The Balaban J connectivity index is 3.07. The van der Waals surface area contributed by atoms with Gasteiger partial charge < -0.3 is 0 Å². The second-order valence-electron chi connectivity index (χ2n) is 1.90. The number of nitrogens with zero attached hydrogens (tertiary/aromatic N) is 1. The van der Waals surface area contributed by atoms with E-state index >= 15 is 0 Å². The van der Waals surface area contributed by atoms with Crippen LogP contribution in [0.4, 0.5) is 26.4 Å². The topological polar surface area (TPSA) is 3.24 Å². The molecule has 0 amide bonds. The van der Waals surface area contributed by atoms with Crippen molar-refractivity contribution >= 4 is 0 Å². The first kappa shape index (κ1) is 8.22. The number of hydrogen-bond donors (Lipinski definition) is 0. The summed E-state index contributed by atoms with van der Waals surface area (Å²) >= 11 is 0. The van der Waals surface area contributed by atoms with E-state index in [9.17, 15) is 26.4 Å². The van der Waals surface area contributed by atoms with Gasteiger partial charge in [0.15, 0.2) is 5.83 Å². The third-order valence-electron chi connectivity index (χ3n) is 1.17. The Bertz CT molecular complexity index is 209. The minimum atomic E-state index is -5.11. The summed E-state index contributed by atoms with van der Waals surface area (Å²) in [5.74, 6) is -7.55. The van der Waals surface area contributed by atoms with Crippen molar-refractivity contribution in [3.63, 3.8) is 0 Å². The van der Waals surface area contributed by atoms with Crippen LogP contribution in [0.1, 0.15) is 0 Å². The maximum absolute atomic E-state index is 11.9.